The van der Waals surface area contributed by atoms with Crippen LogP contribution >= 0.6 is 0 Å². The lowest BCUT2D eigenvalue weighted by molar-refractivity contribution is 0.00578. The van der Waals surface area contributed by atoms with Gasteiger partial charge in [-0.1, -0.05) is 19.1 Å². The smallest absolute Gasteiger partial charge is 0.399 e. The quantitative estimate of drug-likeness (QED) is 0.670. The molecule has 1 heterocycles. The zero-order valence-corrected chi connectivity index (χ0v) is 14.7. The van der Waals surface area contributed by atoms with Gasteiger partial charge in [0.05, 0.1) is 17.0 Å². The van der Waals surface area contributed by atoms with Crippen LogP contribution in [0.4, 0.5) is 5.69 Å². The number of sulfone groups is 1. The molecule has 1 aliphatic heterocycles. The molecule has 5 nitrogen and oxygen atoms in total. The molecule has 0 spiro atoms. The van der Waals surface area contributed by atoms with Gasteiger partial charge >= 0.3 is 7.12 Å². The molecule has 7 heteroatoms. The highest BCUT2D eigenvalue weighted by atomic mass is 32.2. The topological polar surface area (TPSA) is 78.6 Å². The number of hydrogen-bond donors (Lipinski definition) is 1. The van der Waals surface area contributed by atoms with Crippen molar-refractivity contribution in [2.24, 2.45) is 0 Å². The van der Waals surface area contributed by atoms with Gasteiger partial charge in [-0.15, -0.1) is 0 Å². The van der Waals surface area contributed by atoms with E-state index in [1.54, 1.807) is 25.1 Å². The van der Waals surface area contributed by atoms with E-state index in [2.05, 4.69) is 0 Å². The fourth-order valence-corrected chi connectivity index (χ4v) is 3.14. The van der Waals surface area contributed by atoms with Gasteiger partial charge in [-0.25, -0.2) is 8.42 Å². The van der Waals surface area contributed by atoms with E-state index in [-0.39, 0.29) is 11.5 Å². The van der Waals surface area contributed by atoms with Crippen LogP contribution in [0, 0.1) is 0 Å². The van der Waals surface area contributed by atoms with E-state index in [1.165, 1.54) is 0 Å². The minimum absolute atomic E-state index is 0.00368. The summed E-state index contributed by atoms with van der Waals surface area (Å²) >= 11 is 0. The van der Waals surface area contributed by atoms with Gasteiger partial charge in [0.25, 0.3) is 0 Å². The molecule has 0 aliphatic carbocycles. The predicted octanol–water partition coefficient (Wildman–Crippen LogP) is 1.50. The zero-order chi connectivity index (χ0) is 16.8. The molecule has 1 aliphatic rings. The molecule has 1 aromatic carbocycles. The molecule has 0 saturated carbocycles. The van der Waals surface area contributed by atoms with Crippen molar-refractivity contribution in [1.29, 1.82) is 0 Å². The number of nitrogens with two attached hydrogens (primary N) is 1. The van der Waals surface area contributed by atoms with Gasteiger partial charge in [0, 0.05) is 16.9 Å². The van der Waals surface area contributed by atoms with Crippen molar-refractivity contribution in [3.8, 4) is 0 Å². The molecule has 2 rings (SSSR count). The minimum Gasteiger partial charge on any atom is -0.399 e. The molecular weight excluding hydrogens is 301 g/mol. The second-order valence-electron chi connectivity index (χ2n) is 6.73. The number of nitrogen functional groups attached to an aromatic ring is 1. The van der Waals surface area contributed by atoms with Crippen LogP contribution in [0.3, 0.4) is 0 Å². The number of rotatable bonds is 4. The predicted molar refractivity (Wildman–Crippen MR) is 89.7 cm³/mol. The number of anilines is 1. The van der Waals surface area contributed by atoms with Crippen molar-refractivity contribution < 1.29 is 17.7 Å². The van der Waals surface area contributed by atoms with Crippen LogP contribution in [-0.2, 0) is 24.9 Å². The highest BCUT2D eigenvalue weighted by molar-refractivity contribution is 7.90. The van der Waals surface area contributed by atoms with Crippen LogP contribution in [-0.4, -0.2) is 32.5 Å². The Morgan fingerprint density at radius 3 is 2.18 bits per heavy atom. The molecule has 0 radical (unpaired) electrons. The molecule has 2 N–H and O–H groups in total. The Balaban J connectivity index is 2.33. The summed E-state index contributed by atoms with van der Waals surface area (Å²) in [6.45, 7) is 9.51. The molecule has 0 amide bonds. The molecule has 1 aromatic rings. The van der Waals surface area contributed by atoms with Crippen LogP contribution in [0.5, 0.6) is 0 Å². The summed E-state index contributed by atoms with van der Waals surface area (Å²) in [5, 5.41) is 0. The fraction of sp³-hybridized carbons (Fsp3) is 0.600. The molecule has 1 fully saturated rings. The lowest BCUT2D eigenvalue weighted by Crippen LogP contribution is -2.41. The summed E-state index contributed by atoms with van der Waals surface area (Å²) < 4.78 is 35.6. The van der Waals surface area contributed by atoms with E-state index in [0.29, 0.717) is 16.7 Å². The first-order valence-electron chi connectivity index (χ1n) is 7.42. The second-order valence-corrected chi connectivity index (χ2v) is 9.08. The Morgan fingerprint density at radius 1 is 1.14 bits per heavy atom. The standard InChI is InChI=1S/C15H24BNO4S/c1-6-22(18,19)10-11-7-8-13(17)12(9-11)16-20-14(2,3)15(4,5)21-16/h7-9H,6,10,17H2,1-5H3. The molecular formula is C15H24BNO4S. The average Bonchev–Trinajstić information content (AvgIpc) is 2.60. The van der Waals surface area contributed by atoms with Crippen LogP contribution in [0.25, 0.3) is 0 Å². The Labute approximate surface area is 133 Å². The van der Waals surface area contributed by atoms with Crippen molar-refractivity contribution in [2.45, 2.75) is 51.6 Å². The molecule has 0 bridgehead atoms. The highest BCUT2D eigenvalue weighted by Crippen LogP contribution is 2.36. The maximum Gasteiger partial charge on any atom is 0.496 e. The molecule has 0 aromatic heterocycles. The second kappa shape index (κ2) is 5.55. The summed E-state index contributed by atoms with van der Waals surface area (Å²) in [5.74, 6) is 0.111. The van der Waals surface area contributed by atoms with Gasteiger partial charge in [0.2, 0.25) is 0 Å². The van der Waals surface area contributed by atoms with Crippen molar-refractivity contribution in [1.82, 2.24) is 0 Å². The van der Waals surface area contributed by atoms with Gasteiger partial charge in [-0.2, -0.15) is 0 Å². The van der Waals surface area contributed by atoms with E-state index in [9.17, 15) is 8.42 Å². The normalized spacial score (nSPS) is 20.3. The maximum atomic E-state index is 11.8. The van der Waals surface area contributed by atoms with Gasteiger partial charge in [0.1, 0.15) is 0 Å². The molecule has 1 saturated heterocycles. The third-order valence-corrected chi connectivity index (χ3v) is 6.14. The van der Waals surface area contributed by atoms with Crippen molar-refractivity contribution in [3.63, 3.8) is 0 Å². The SMILES string of the molecule is CCS(=O)(=O)Cc1ccc(N)c(B2OC(C)(C)C(C)(C)O2)c1. The summed E-state index contributed by atoms with van der Waals surface area (Å²) in [6, 6.07) is 5.21. The Kier molecular flexibility index (Phi) is 4.36. The minimum atomic E-state index is -3.09. The lowest BCUT2D eigenvalue weighted by atomic mass is 9.77. The highest BCUT2D eigenvalue weighted by Gasteiger charge is 2.52. The van der Waals surface area contributed by atoms with Gasteiger partial charge < -0.3 is 15.0 Å². The third-order valence-electron chi connectivity index (χ3n) is 4.48. The van der Waals surface area contributed by atoms with Crippen molar-refractivity contribution in [2.75, 3.05) is 11.5 Å². The van der Waals surface area contributed by atoms with Gasteiger partial charge in [-0.05, 0) is 39.3 Å². The van der Waals surface area contributed by atoms with Gasteiger partial charge in [-0.3, -0.25) is 0 Å². The van der Waals surface area contributed by atoms with Crippen LogP contribution in [0.1, 0.15) is 40.2 Å². The molecule has 0 unspecified atom stereocenters. The van der Waals surface area contributed by atoms with E-state index >= 15 is 0 Å². The van der Waals surface area contributed by atoms with Crippen molar-refractivity contribution >= 4 is 28.1 Å². The summed E-state index contributed by atoms with van der Waals surface area (Å²) in [7, 11) is -3.68. The third kappa shape index (κ3) is 3.31. The lowest BCUT2D eigenvalue weighted by Gasteiger charge is -2.32. The summed E-state index contributed by atoms with van der Waals surface area (Å²) in [6.07, 6.45) is 0. The monoisotopic (exact) mass is 325 g/mol. The molecule has 0 atom stereocenters. The Hall–Kier alpha value is -1.05. The first-order valence-corrected chi connectivity index (χ1v) is 9.24. The Bertz CT molecular complexity index is 654. The van der Waals surface area contributed by atoms with Gasteiger partial charge in [0.15, 0.2) is 9.84 Å². The molecule has 22 heavy (non-hydrogen) atoms. The Morgan fingerprint density at radius 2 is 1.68 bits per heavy atom. The maximum absolute atomic E-state index is 11.8. The number of benzene rings is 1. The molecule has 122 valence electrons. The first-order chi connectivity index (χ1) is 9.97. The summed E-state index contributed by atoms with van der Waals surface area (Å²) in [4.78, 5) is 0. The van der Waals surface area contributed by atoms with E-state index in [0.717, 1.165) is 0 Å². The average molecular weight is 325 g/mol. The zero-order valence-electron chi connectivity index (χ0n) is 13.8. The van der Waals surface area contributed by atoms with Crippen molar-refractivity contribution in [3.05, 3.63) is 23.8 Å². The van der Waals surface area contributed by atoms with E-state index in [4.69, 9.17) is 15.0 Å². The van der Waals surface area contributed by atoms with Crippen LogP contribution in [0.2, 0.25) is 0 Å². The van der Waals surface area contributed by atoms with E-state index in [1.807, 2.05) is 27.7 Å². The van der Waals surface area contributed by atoms with Crippen LogP contribution in [0.15, 0.2) is 18.2 Å². The van der Waals surface area contributed by atoms with Crippen LogP contribution < -0.4 is 11.2 Å². The van der Waals surface area contributed by atoms with E-state index < -0.39 is 28.2 Å². The summed E-state index contributed by atoms with van der Waals surface area (Å²) in [5.41, 5.74) is 7.02. The number of hydrogen-bond acceptors (Lipinski definition) is 5. The first kappa shape index (κ1) is 17.3. The fourth-order valence-electron chi connectivity index (χ4n) is 2.24. The largest absolute Gasteiger partial charge is 0.496 e.